The van der Waals surface area contributed by atoms with Crippen LogP contribution in [-0.4, -0.2) is 61.5 Å². The number of halogens is 3. The van der Waals surface area contributed by atoms with Crippen molar-refractivity contribution in [2.45, 2.75) is 12.3 Å². The summed E-state index contributed by atoms with van der Waals surface area (Å²) in [5.74, 6) is 0.338. The molecule has 0 aromatic heterocycles. The lowest BCUT2D eigenvalue weighted by molar-refractivity contribution is -0.137. The molecule has 0 saturated carbocycles. The lowest BCUT2D eigenvalue weighted by Crippen LogP contribution is -2.45. The number of nitrogens with zero attached hydrogens (tertiary/aromatic N) is 2. The van der Waals surface area contributed by atoms with Gasteiger partial charge in [0.05, 0.1) is 25.3 Å². The van der Waals surface area contributed by atoms with E-state index in [4.69, 9.17) is 15.2 Å². The van der Waals surface area contributed by atoms with Crippen LogP contribution in [-0.2, 0) is 10.9 Å². The second-order valence-corrected chi connectivity index (χ2v) is 5.29. The van der Waals surface area contributed by atoms with Crippen LogP contribution < -0.4 is 10.5 Å². The number of hydrogen-bond donors (Lipinski definition) is 2. The number of benzene rings is 1. The molecule has 1 aliphatic rings. The third kappa shape index (κ3) is 5.57. The number of morpholine rings is 1. The standard InChI is InChI=1S/C15H20F3N3O3/c16-15(17,18)11-2-1-3-13(8-11)24-10-12(22)9-20-14(19)21-4-6-23-7-5-21/h1-3,8,12,22H,4-7,9-10H2,(H2,19,20). The van der Waals surface area contributed by atoms with E-state index in [-0.39, 0.29) is 18.9 Å². The van der Waals surface area contributed by atoms with Gasteiger partial charge in [-0.3, -0.25) is 4.99 Å². The second-order valence-electron chi connectivity index (χ2n) is 5.29. The zero-order valence-corrected chi connectivity index (χ0v) is 13.0. The maximum Gasteiger partial charge on any atom is 0.416 e. The molecule has 1 aliphatic heterocycles. The molecule has 0 bridgehead atoms. The van der Waals surface area contributed by atoms with Crippen molar-refractivity contribution in [2.24, 2.45) is 10.7 Å². The number of aliphatic imine (C=N–C) groups is 1. The zero-order valence-electron chi connectivity index (χ0n) is 13.0. The first-order valence-corrected chi connectivity index (χ1v) is 7.47. The number of rotatable bonds is 5. The summed E-state index contributed by atoms with van der Waals surface area (Å²) in [7, 11) is 0. The van der Waals surface area contributed by atoms with Gasteiger partial charge >= 0.3 is 6.18 Å². The van der Waals surface area contributed by atoms with Crippen LogP contribution in [0.2, 0.25) is 0 Å². The molecule has 0 amide bonds. The zero-order chi connectivity index (χ0) is 17.6. The molecular weight excluding hydrogens is 327 g/mol. The highest BCUT2D eigenvalue weighted by Gasteiger charge is 2.30. The van der Waals surface area contributed by atoms with E-state index >= 15 is 0 Å². The SMILES string of the molecule is NC(=NCC(O)COc1cccc(C(F)(F)F)c1)N1CCOCC1. The summed E-state index contributed by atoms with van der Waals surface area (Å²) in [6.45, 7) is 2.22. The fourth-order valence-corrected chi connectivity index (χ4v) is 2.10. The van der Waals surface area contributed by atoms with Gasteiger partial charge in [0.2, 0.25) is 0 Å². The van der Waals surface area contributed by atoms with Crippen LogP contribution in [0.15, 0.2) is 29.3 Å². The molecule has 3 N–H and O–H groups in total. The number of alkyl halides is 3. The Kier molecular flexibility index (Phi) is 6.27. The van der Waals surface area contributed by atoms with Crippen LogP contribution in [0.4, 0.5) is 13.2 Å². The van der Waals surface area contributed by atoms with E-state index in [0.29, 0.717) is 32.3 Å². The van der Waals surface area contributed by atoms with E-state index in [1.807, 2.05) is 4.90 Å². The van der Waals surface area contributed by atoms with Crippen molar-refractivity contribution >= 4 is 5.96 Å². The van der Waals surface area contributed by atoms with E-state index in [1.165, 1.54) is 12.1 Å². The first-order chi connectivity index (χ1) is 11.4. The molecule has 134 valence electrons. The summed E-state index contributed by atoms with van der Waals surface area (Å²) in [6, 6.07) is 4.49. The predicted octanol–water partition coefficient (Wildman–Crippen LogP) is 1.09. The Bertz CT molecular complexity index is 560. The van der Waals surface area contributed by atoms with Crippen molar-refractivity contribution in [3.8, 4) is 5.75 Å². The number of nitrogens with two attached hydrogens (primary N) is 1. The van der Waals surface area contributed by atoms with Crippen molar-refractivity contribution < 1.29 is 27.8 Å². The number of aliphatic hydroxyl groups excluding tert-OH is 1. The molecule has 1 unspecified atom stereocenters. The molecule has 6 nitrogen and oxygen atoms in total. The average molecular weight is 347 g/mol. The first kappa shape index (κ1) is 18.3. The molecule has 24 heavy (non-hydrogen) atoms. The monoisotopic (exact) mass is 347 g/mol. The van der Waals surface area contributed by atoms with Crippen LogP contribution in [0, 0.1) is 0 Å². The molecule has 0 aliphatic carbocycles. The highest BCUT2D eigenvalue weighted by Crippen LogP contribution is 2.31. The van der Waals surface area contributed by atoms with Gasteiger partial charge in [0.15, 0.2) is 5.96 Å². The molecular formula is C15H20F3N3O3. The van der Waals surface area contributed by atoms with Crippen molar-refractivity contribution in [3.05, 3.63) is 29.8 Å². The molecule has 1 aromatic rings. The highest BCUT2D eigenvalue weighted by molar-refractivity contribution is 5.78. The number of aliphatic hydroxyl groups is 1. The number of hydrogen-bond acceptors (Lipinski definition) is 4. The third-order valence-electron chi connectivity index (χ3n) is 3.40. The topological polar surface area (TPSA) is 80.3 Å². The molecule has 9 heteroatoms. The van der Waals surface area contributed by atoms with Gasteiger partial charge in [-0.25, -0.2) is 0 Å². The molecule has 0 spiro atoms. The first-order valence-electron chi connectivity index (χ1n) is 7.47. The van der Waals surface area contributed by atoms with Crippen molar-refractivity contribution in [3.63, 3.8) is 0 Å². The van der Waals surface area contributed by atoms with Crippen molar-refractivity contribution in [1.82, 2.24) is 4.90 Å². The summed E-state index contributed by atoms with van der Waals surface area (Å²) in [4.78, 5) is 5.91. The molecule has 0 radical (unpaired) electrons. The van der Waals surface area contributed by atoms with Gasteiger partial charge in [0.25, 0.3) is 0 Å². The van der Waals surface area contributed by atoms with Crippen LogP contribution in [0.25, 0.3) is 0 Å². The second kappa shape index (κ2) is 8.20. The smallest absolute Gasteiger partial charge is 0.416 e. The van der Waals surface area contributed by atoms with Crippen LogP contribution >= 0.6 is 0 Å². The molecule has 1 aromatic carbocycles. The summed E-state index contributed by atoms with van der Waals surface area (Å²) >= 11 is 0. The lowest BCUT2D eigenvalue weighted by Gasteiger charge is -2.27. The molecule has 1 heterocycles. The Morgan fingerprint density at radius 3 is 2.75 bits per heavy atom. The highest BCUT2D eigenvalue weighted by atomic mass is 19.4. The van der Waals surface area contributed by atoms with Gasteiger partial charge in [0.1, 0.15) is 18.5 Å². The lowest BCUT2D eigenvalue weighted by atomic mass is 10.2. The Morgan fingerprint density at radius 2 is 2.08 bits per heavy atom. The van der Waals surface area contributed by atoms with Crippen LogP contribution in [0.1, 0.15) is 5.56 Å². The Labute approximate surface area is 137 Å². The molecule has 2 rings (SSSR count). The normalized spacial score (nSPS) is 17.7. The molecule has 1 saturated heterocycles. The quantitative estimate of drug-likeness (QED) is 0.616. The van der Waals surface area contributed by atoms with E-state index in [0.717, 1.165) is 12.1 Å². The summed E-state index contributed by atoms with van der Waals surface area (Å²) in [5.41, 5.74) is 5.01. The predicted molar refractivity (Wildman–Crippen MR) is 81.8 cm³/mol. The van der Waals surface area contributed by atoms with Gasteiger partial charge in [-0.1, -0.05) is 6.07 Å². The maximum atomic E-state index is 12.6. The summed E-state index contributed by atoms with van der Waals surface area (Å²) < 4.78 is 48.2. The van der Waals surface area contributed by atoms with E-state index in [2.05, 4.69) is 4.99 Å². The Balaban J connectivity index is 1.81. The van der Waals surface area contributed by atoms with E-state index in [9.17, 15) is 18.3 Å². The minimum atomic E-state index is -4.44. The minimum absolute atomic E-state index is 0.00213. The summed E-state index contributed by atoms with van der Waals surface area (Å²) in [6.07, 6.45) is -5.41. The van der Waals surface area contributed by atoms with Crippen LogP contribution in [0.3, 0.4) is 0 Å². The average Bonchev–Trinajstić information content (AvgIpc) is 2.58. The largest absolute Gasteiger partial charge is 0.491 e. The molecule has 1 fully saturated rings. The van der Waals surface area contributed by atoms with E-state index < -0.39 is 17.8 Å². The number of guanidine groups is 1. The van der Waals surface area contributed by atoms with Gasteiger partial charge in [-0.2, -0.15) is 13.2 Å². The molecule has 1 atom stereocenters. The third-order valence-corrected chi connectivity index (χ3v) is 3.40. The van der Waals surface area contributed by atoms with Crippen molar-refractivity contribution in [2.75, 3.05) is 39.5 Å². The Hall–Kier alpha value is -2.00. The number of ether oxygens (including phenoxy) is 2. The fraction of sp³-hybridized carbons (Fsp3) is 0.533. The summed E-state index contributed by atoms with van der Waals surface area (Å²) in [5, 5.41) is 9.83. The fourth-order valence-electron chi connectivity index (χ4n) is 2.10. The van der Waals surface area contributed by atoms with Gasteiger partial charge < -0.3 is 25.2 Å². The maximum absolute atomic E-state index is 12.6. The van der Waals surface area contributed by atoms with Gasteiger partial charge in [-0.15, -0.1) is 0 Å². The van der Waals surface area contributed by atoms with Gasteiger partial charge in [-0.05, 0) is 18.2 Å². The van der Waals surface area contributed by atoms with Crippen LogP contribution in [0.5, 0.6) is 5.75 Å². The van der Waals surface area contributed by atoms with Gasteiger partial charge in [0, 0.05) is 13.1 Å². The van der Waals surface area contributed by atoms with E-state index in [1.54, 1.807) is 0 Å². The Morgan fingerprint density at radius 1 is 1.38 bits per heavy atom. The van der Waals surface area contributed by atoms with Crippen molar-refractivity contribution in [1.29, 1.82) is 0 Å². The minimum Gasteiger partial charge on any atom is -0.491 e.